The highest BCUT2D eigenvalue weighted by atomic mass is 19.4. The van der Waals surface area contributed by atoms with Gasteiger partial charge in [-0.1, -0.05) is 30.3 Å². The van der Waals surface area contributed by atoms with Crippen molar-refractivity contribution in [2.24, 2.45) is 0 Å². The average molecular weight is 318 g/mol. The van der Waals surface area contributed by atoms with Gasteiger partial charge in [-0.3, -0.25) is 0 Å². The molecule has 0 aromatic heterocycles. The van der Waals surface area contributed by atoms with E-state index < -0.39 is 12.1 Å². The average Bonchev–Trinajstić information content (AvgIpc) is 2.37. The monoisotopic (exact) mass is 318 g/mol. The highest BCUT2D eigenvalue weighted by molar-refractivity contribution is 5.75. The Labute approximate surface area is 125 Å². The summed E-state index contributed by atoms with van der Waals surface area (Å²) in [5, 5.41) is 10.1. The van der Waals surface area contributed by atoms with E-state index in [9.17, 15) is 18.0 Å². The van der Waals surface area contributed by atoms with E-state index in [4.69, 9.17) is 9.90 Å². The first kappa shape index (κ1) is 17.8. The molecular formula is C14H17F3N2O3. The molecule has 1 heterocycles. The van der Waals surface area contributed by atoms with Crippen LogP contribution in [0.1, 0.15) is 24.9 Å². The van der Waals surface area contributed by atoms with Crippen molar-refractivity contribution in [3.63, 3.8) is 0 Å². The molecular weight excluding hydrogens is 301 g/mol. The van der Waals surface area contributed by atoms with E-state index in [1.165, 1.54) is 0 Å². The molecule has 2 amide bonds. The number of nitrogens with one attached hydrogen (secondary N) is 1. The Bertz CT molecular complexity index is 502. The van der Waals surface area contributed by atoms with Crippen LogP contribution in [0.25, 0.3) is 0 Å². The van der Waals surface area contributed by atoms with E-state index in [0.717, 1.165) is 25.1 Å². The number of amides is 2. The number of carbonyl (C=O) groups is 2. The Morgan fingerprint density at radius 3 is 2.09 bits per heavy atom. The van der Waals surface area contributed by atoms with Crippen molar-refractivity contribution in [1.82, 2.24) is 10.2 Å². The molecule has 2 N–H and O–H groups in total. The third-order valence-electron chi connectivity index (χ3n) is 3.03. The summed E-state index contributed by atoms with van der Waals surface area (Å²) in [5.41, 5.74) is 1.14. The summed E-state index contributed by atoms with van der Waals surface area (Å²) < 4.78 is 31.7. The van der Waals surface area contributed by atoms with Crippen LogP contribution >= 0.6 is 0 Å². The summed E-state index contributed by atoms with van der Waals surface area (Å²) in [6.45, 7) is 3.80. The second kappa shape index (κ2) is 7.67. The van der Waals surface area contributed by atoms with E-state index in [-0.39, 0.29) is 12.1 Å². The minimum Gasteiger partial charge on any atom is -0.475 e. The number of alkyl halides is 3. The Balaban J connectivity index is 0.000000295. The summed E-state index contributed by atoms with van der Waals surface area (Å²) in [5.74, 6) is -2.76. The Morgan fingerprint density at radius 2 is 1.73 bits per heavy atom. The molecule has 5 nitrogen and oxygen atoms in total. The summed E-state index contributed by atoms with van der Waals surface area (Å²) in [6, 6.07) is 10.1. The molecule has 22 heavy (non-hydrogen) atoms. The van der Waals surface area contributed by atoms with Crippen LogP contribution in [0.15, 0.2) is 30.3 Å². The number of likely N-dealkylation sites (tertiary alicyclic amines) is 1. The summed E-state index contributed by atoms with van der Waals surface area (Å²) in [4.78, 5) is 22.4. The summed E-state index contributed by atoms with van der Waals surface area (Å²) >= 11 is 0. The van der Waals surface area contributed by atoms with Gasteiger partial charge >= 0.3 is 18.2 Å². The number of carbonyl (C=O) groups excluding carboxylic acids is 1. The first-order valence-electron chi connectivity index (χ1n) is 6.62. The maximum atomic E-state index is 11.6. The van der Waals surface area contributed by atoms with Gasteiger partial charge in [-0.2, -0.15) is 13.2 Å². The van der Waals surface area contributed by atoms with Crippen molar-refractivity contribution in [2.75, 3.05) is 13.1 Å². The normalized spacial score (nSPS) is 15.0. The van der Waals surface area contributed by atoms with Gasteiger partial charge in [0, 0.05) is 13.1 Å². The maximum Gasteiger partial charge on any atom is 0.490 e. The topological polar surface area (TPSA) is 69.6 Å². The number of hydrogen-bond donors (Lipinski definition) is 2. The molecule has 8 heteroatoms. The number of hydrogen-bond acceptors (Lipinski definition) is 2. The van der Waals surface area contributed by atoms with E-state index in [0.29, 0.717) is 0 Å². The lowest BCUT2D eigenvalue weighted by Gasteiger charge is -2.32. The van der Waals surface area contributed by atoms with E-state index in [2.05, 4.69) is 5.32 Å². The lowest BCUT2D eigenvalue weighted by Crippen LogP contribution is -2.48. The van der Waals surface area contributed by atoms with Crippen LogP contribution in [-0.2, 0) is 4.79 Å². The number of nitrogens with zero attached hydrogens (tertiary/aromatic N) is 1. The lowest BCUT2D eigenvalue weighted by atomic mass is 10.1. The molecule has 1 unspecified atom stereocenters. The number of rotatable bonds is 2. The number of halogens is 3. The maximum absolute atomic E-state index is 11.6. The van der Waals surface area contributed by atoms with Crippen LogP contribution in [0.3, 0.4) is 0 Å². The van der Waals surface area contributed by atoms with Crippen LogP contribution in [0.5, 0.6) is 0 Å². The zero-order valence-corrected chi connectivity index (χ0v) is 11.9. The Morgan fingerprint density at radius 1 is 1.23 bits per heavy atom. The lowest BCUT2D eigenvalue weighted by molar-refractivity contribution is -0.192. The van der Waals surface area contributed by atoms with Crippen LogP contribution < -0.4 is 5.32 Å². The van der Waals surface area contributed by atoms with Crippen LogP contribution in [0, 0.1) is 0 Å². The molecule has 0 saturated carbocycles. The predicted molar refractivity (Wildman–Crippen MR) is 73.3 cm³/mol. The summed E-state index contributed by atoms with van der Waals surface area (Å²) in [7, 11) is 0. The van der Waals surface area contributed by atoms with Gasteiger partial charge < -0.3 is 15.3 Å². The Kier molecular flexibility index (Phi) is 6.21. The van der Waals surface area contributed by atoms with Gasteiger partial charge in [-0.15, -0.1) is 0 Å². The first-order chi connectivity index (χ1) is 10.2. The molecule has 0 aliphatic carbocycles. The fraction of sp³-hybridized carbons (Fsp3) is 0.429. The number of benzene rings is 1. The van der Waals surface area contributed by atoms with E-state index >= 15 is 0 Å². The van der Waals surface area contributed by atoms with Gasteiger partial charge in [-0.25, -0.2) is 9.59 Å². The summed E-state index contributed by atoms with van der Waals surface area (Å²) in [6.07, 6.45) is -3.95. The second-order valence-corrected chi connectivity index (χ2v) is 4.73. The minimum atomic E-state index is -5.08. The highest BCUT2D eigenvalue weighted by Gasteiger charge is 2.38. The van der Waals surface area contributed by atoms with Gasteiger partial charge in [0.1, 0.15) is 0 Å². The largest absolute Gasteiger partial charge is 0.490 e. The van der Waals surface area contributed by atoms with Crippen LogP contribution in [0.4, 0.5) is 18.0 Å². The van der Waals surface area contributed by atoms with Crippen molar-refractivity contribution in [1.29, 1.82) is 0 Å². The Hall–Kier alpha value is -2.25. The fourth-order valence-corrected chi connectivity index (χ4v) is 1.62. The molecule has 0 spiro atoms. The molecule has 1 aliphatic rings. The molecule has 0 bridgehead atoms. The molecule has 1 fully saturated rings. The zero-order chi connectivity index (χ0) is 16.8. The predicted octanol–water partition coefficient (Wildman–Crippen LogP) is 2.80. The molecule has 1 saturated heterocycles. The SMILES string of the molecule is CC(NC(=O)N1CCC1)c1ccccc1.O=C(O)C(F)(F)F. The minimum absolute atomic E-state index is 0.0533. The molecule has 122 valence electrons. The van der Waals surface area contributed by atoms with Gasteiger partial charge in [0.05, 0.1) is 6.04 Å². The molecule has 1 aromatic rings. The number of urea groups is 1. The van der Waals surface area contributed by atoms with Gasteiger partial charge in [-0.05, 0) is 18.9 Å². The van der Waals surface area contributed by atoms with Crippen molar-refractivity contribution < 1.29 is 27.9 Å². The van der Waals surface area contributed by atoms with Crippen molar-refractivity contribution in [3.05, 3.63) is 35.9 Å². The van der Waals surface area contributed by atoms with Gasteiger partial charge in [0.2, 0.25) is 0 Å². The molecule has 1 aliphatic heterocycles. The number of carboxylic acid groups (broad SMARTS) is 1. The van der Waals surface area contributed by atoms with Crippen molar-refractivity contribution in [3.8, 4) is 0 Å². The molecule has 0 radical (unpaired) electrons. The quantitative estimate of drug-likeness (QED) is 0.881. The number of carboxylic acids is 1. The van der Waals surface area contributed by atoms with Crippen LogP contribution in [-0.4, -0.2) is 41.3 Å². The first-order valence-corrected chi connectivity index (χ1v) is 6.62. The van der Waals surface area contributed by atoms with Crippen molar-refractivity contribution in [2.45, 2.75) is 25.6 Å². The van der Waals surface area contributed by atoms with Crippen LogP contribution in [0.2, 0.25) is 0 Å². The van der Waals surface area contributed by atoms with E-state index in [1.807, 2.05) is 42.2 Å². The smallest absolute Gasteiger partial charge is 0.475 e. The molecule has 1 atom stereocenters. The fourth-order valence-electron chi connectivity index (χ4n) is 1.62. The molecule has 1 aromatic carbocycles. The number of aliphatic carboxylic acids is 1. The highest BCUT2D eigenvalue weighted by Crippen LogP contribution is 2.14. The third kappa shape index (κ3) is 5.63. The zero-order valence-electron chi connectivity index (χ0n) is 11.9. The van der Waals surface area contributed by atoms with E-state index in [1.54, 1.807) is 0 Å². The van der Waals surface area contributed by atoms with Gasteiger partial charge in [0.15, 0.2) is 0 Å². The third-order valence-corrected chi connectivity index (χ3v) is 3.03. The van der Waals surface area contributed by atoms with Gasteiger partial charge in [0.25, 0.3) is 0 Å². The standard InChI is InChI=1S/C12H16N2O.C2HF3O2/c1-10(11-6-3-2-4-7-11)13-12(15)14-8-5-9-14;3-2(4,5)1(6)7/h2-4,6-7,10H,5,8-9H2,1H3,(H,13,15);(H,6,7). The van der Waals surface area contributed by atoms with Crippen molar-refractivity contribution >= 4 is 12.0 Å². The molecule has 2 rings (SSSR count). The second-order valence-electron chi connectivity index (χ2n) is 4.73.